The number of aliphatic hydroxyl groups is 1. The Bertz CT molecular complexity index is 1620. The molecule has 0 bridgehead atoms. The Kier molecular flexibility index (Phi) is 11.2. The molecule has 0 saturated heterocycles. The van der Waals surface area contributed by atoms with Gasteiger partial charge in [0.15, 0.2) is 0 Å². The third-order valence-electron chi connectivity index (χ3n) is 15.4. The topological polar surface area (TPSA) is 49.3 Å². The molecule has 3 aromatic rings. The van der Waals surface area contributed by atoms with Crippen molar-refractivity contribution in [1.82, 2.24) is 5.32 Å². The summed E-state index contributed by atoms with van der Waals surface area (Å²) in [5, 5.41) is 18.3. The van der Waals surface area contributed by atoms with Gasteiger partial charge in [0.1, 0.15) is 23.2 Å². The van der Waals surface area contributed by atoms with Crippen LogP contribution in [0.25, 0.3) is 0 Å². The summed E-state index contributed by atoms with van der Waals surface area (Å²) in [6.45, 7) is 14.6. The minimum absolute atomic E-state index is 0.0607. The predicted molar refractivity (Wildman–Crippen MR) is 226 cm³/mol. The average molecular weight is 733 g/mol. The molecule has 5 aliphatic carbocycles. The second-order valence-electron chi connectivity index (χ2n) is 18.7. The fourth-order valence-electron chi connectivity index (χ4n) is 12.5. The molecule has 8 atom stereocenters. The number of benzene rings is 3. The van der Waals surface area contributed by atoms with E-state index in [4.69, 9.17) is 0 Å². The van der Waals surface area contributed by atoms with Crippen molar-refractivity contribution in [3.05, 3.63) is 103 Å². The highest BCUT2D eigenvalue weighted by Crippen LogP contribution is 2.65. The second-order valence-corrected chi connectivity index (χ2v) is 22.5. The lowest BCUT2D eigenvalue weighted by Crippen LogP contribution is -2.57. The van der Waals surface area contributed by atoms with Gasteiger partial charge in [0.05, 0.1) is 17.7 Å². The molecule has 8 rings (SSSR count). The minimum Gasteiger partial charge on any atom is -0.393 e. The third-order valence-corrected chi connectivity index (χ3v) is 19.9. The van der Waals surface area contributed by atoms with E-state index >= 15 is 0 Å². The molecular weight excluding hydrogens is 666 g/mol. The average Bonchev–Trinajstić information content (AvgIpc) is 3.18. The molecule has 4 fully saturated rings. The molecule has 5 aliphatic rings. The molecule has 3 aromatic carbocycles. The van der Waals surface area contributed by atoms with Gasteiger partial charge < -0.3 is 10.4 Å². The summed E-state index contributed by atoms with van der Waals surface area (Å²) >= 11 is 0. The molecule has 8 unspecified atom stereocenters. The number of aliphatic hydroxyl groups excluding tert-OH is 1. The molecule has 3 nitrogen and oxygen atoms in total. The van der Waals surface area contributed by atoms with E-state index in [0.29, 0.717) is 29.1 Å². The number of amides is 1. The highest BCUT2D eigenvalue weighted by Gasteiger charge is 2.59. The first-order valence-corrected chi connectivity index (χ1v) is 23.2. The molecule has 0 aliphatic heterocycles. The molecule has 1 amide bonds. The van der Waals surface area contributed by atoms with Gasteiger partial charge in [-0.05, 0) is 161 Å². The van der Waals surface area contributed by atoms with Crippen molar-refractivity contribution >= 4 is 29.1 Å². The maximum absolute atomic E-state index is 13.5. The van der Waals surface area contributed by atoms with Crippen LogP contribution in [-0.2, 0) is 4.79 Å². The second kappa shape index (κ2) is 15.4. The van der Waals surface area contributed by atoms with Crippen molar-refractivity contribution in [2.75, 3.05) is 12.7 Å². The van der Waals surface area contributed by atoms with E-state index in [-0.39, 0.29) is 16.9 Å². The summed E-state index contributed by atoms with van der Waals surface area (Å²) in [5.41, 5.74) is 1.92. The fraction of sp³-hybridized carbons (Fsp3) is 0.571. The molecule has 0 heterocycles. The van der Waals surface area contributed by atoms with Crippen LogP contribution < -0.4 is 21.2 Å². The summed E-state index contributed by atoms with van der Waals surface area (Å²) in [6.07, 6.45) is 15.4. The zero-order chi connectivity index (χ0) is 37.4. The number of carbonyl (C=O) groups is 1. The standard InChI is InChI=1S/C29H47NO2.C20H20P/c1-6-30-26(32)29-14-13-20-18-9-11-23-21(10-12-25(31)28(23,4)5)19(18)7-8-22(20)24(29)17-27(2,3)15-16-29;1-2-21(18-12-6-3-7-13-18,19-14-8-4-9-15-19)20-16-10-5-11-17-20/h8,18-21,23-25,31H,6-7,9-17H2,1-5H3,(H,30,32);3-17H,2H2,1H3/q;+1. The van der Waals surface area contributed by atoms with Crippen LogP contribution in [0.15, 0.2) is 103 Å². The Labute approximate surface area is 322 Å². The van der Waals surface area contributed by atoms with E-state index in [1.54, 1.807) is 5.57 Å². The van der Waals surface area contributed by atoms with Gasteiger partial charge in [0, 0.05) is 6.54 Å². The van der Waals surface area contributed by atoms with Gasteiger partial charge in [-0.25, -0.2) is 0 Å². The normalized spacial score (nSPS) is 32.6. The van der Waals surface area contributed by atoms with Crippen LogP contribution in [0.4, 0.5) is 0 Å². The van der Waals surface area contributed by atoms with Crippen LogP contribution in [0.3, 0.4) is 0 Å². The van der Waals surface area contributed by atoms with Gasteiger partial charge in [-0.2, -0.15) is 0 Å². The quantitative estimate of drug-likeness (QED) is 0.196. The van der Waals surface area contributed by atoms with Gasteiger partial charge in [0.2, 0.25) is 5.91 Å². The Morgan fingerprint density at radius 1 is 0.717 bits per heavy atom. The molecule has 0 aromatic heterocycles. The van der Waals surface area contributed by atoms with Gasteiger partial charge in [-0.3, -0.25) is 4.79 Å². The van der Waals surface area contributed by atoms with Crippen molar-refractivity contribution in [3.63, 3.8) is 0 Å². The van der Waals surface area contributed by atoms with Crippen LogP contribution >= 0.6 is 7.26 Å². The van der Waals surface area contributed by atoms with Crippen molar-refractivity contribution in [3.8, 4) is 0 Å². The predicted octanol–water partition coefficient (Wildman–Crippen LogP) is 10.1. The van der Waals surface area contributed by atoms with E-state index in [2.05, 4.69) is 144 Å². The molecule has 284 valence electrons. The monoisotopic (exact) mass is 732 g/mol. The van der Waals surface area contributed by atoms with Gasteiger partial charge in [-0.1, -0.05) is 93.9 Å². The number of hydrogen-bond acceptors (Lipinski definition) is 2. The molecule has 53 heavy (non-hydrogen) atoms. The van der Waals surface area contributed by atoms with E-state index in [0.717, 1.165) is 49.7 Å². The SMILES string of the molecule is CCNC(=O)C12CCC3C(=CCC4C3CCC3C4CCC(O)C3(C)C)C1CC(C)(C)CC2.CC[P+](c1ccccc1)(c1ccccc1)c1ccccc1. The summed E-state index contributed by atoms with van der Waals surface area (Å²) in [4.78, 5) is 13.5. The number of allylic oxidation sites excluding steroid dienone is 2. The Hall–Kier alpha value is -2.74. The maximum Gasteiger partial charge on any atom is 0.226 e. The van der Waals surface area contributed by atoms with Gasteiger partial charge >= 0.3 is 0 Å². The molecule has 0 spiro atoms. The van der Waals surface area contributed by atoms with Gasteiger partial charge in [0.25, 0.3) is 0 Å². The zero-order valence-corrected chi connectivity index (χ0v) is 34.5. The summed E-state index contributed by atoms with van der Waals surface area (Å²) in [7, 11) is -1.53. The van der Waals surface area contributed by atoms with Crippen LogP contribution in [0, 0.1) is 51.8 Å². The largest absolute Gasteiger partial charge is 0.393 e. The molecular formula is C49H67NO2P+. The lowest BCUT2D eigenvalue weighted by molar-refractivity contribution is -0.143. The van der Waals surface area contributed by atoms with Crippen molar-refractivity contribution in [1.29, 1.82) is 0 Å². The number of hydrogen-bond donors (Lipinski definition) is 2. The third kappa shape index (κ3) is 6.90. The maximum atomic E-state index is 13.5. The minimum atomic E-state index is -1.53. The van der Waals surface area contributed by atoms with E-state index in [9.17, 15) is 9.90 Å². The number of nitrogens with one attached hydrogen (secondary N) is 1. The van der Waals surface area contributed by atoms with Gasteiger partial charge in [-0.15, -0.1) is 0 Å². The molecule has 0 radical (unpaired) electrons. The zero-order valence-electron chi connectivity index (χ0n) is 33.6. The highest BCUT2D eigenvalue weighted by atomic mass is 31.2. The number of fused-ring (bicyclic) bond motifs is 7. The van der Waals surface area contributed by atoms with Crippen molar-refractivity contribution in [2.24, 2.45) is 51.8 Å². The van der Waals surface area contributed by atoms with Crippen LogP contribution in [-0.4, -0.2) is 29.8 Å². The lowest BCUT2D eigenvalue weighted by Gasteiger charge is -2.60. The molecule has 2 N–H and O–H groups in total. The fourth-order valence-corrected chi connectivity index (χ4v) is 16.6. The van der Waals surface area contributed by atoms with Crippen LogP contribution in [0.2, 0.25) is 0 Å². The van der Waals surface area contributed by atoms with E-state index < -0.39 is 7.26 Å². The summed E-state index contributed by atoms with van der Waals surface area (Å²) < 4.78 is 0. The summed E-state index contributed by atoms with van der Waals surface area (Å²) in [6, 6.07) is 33.0. The number of carbonyl (C=O) groups excluding carboxylic acids is 1. The Morgan fingerprint density at radius 2 is 1.28 bits per heavy atom. The van der Waals surface area contributed by atoms with Crippen molar-refractivity contribution < 1.29 is 9.90 Å². The smallest absolute Gasteiger partial charge is 0.226 e. The lowest BCUT2D eigenvalue weighted by atomic mass is 9.44. The first-order valence-electron chi connectivity index (χ1n) is 21.2. The molecule has 4 saturated carbocycles. The summed E-state index contributed by atoms with van der Waals surface area (Å²) in [5.74, 6) is 4.54. The van der Waals surface area contributed by atoms with E-state index in [1.165, 1.54) is 60.9 Å². The van der Waals surface area contributed by atoms with E-state index in [1.807, 2.05) is 0 Å². The highest BCUT2D eigenvalue weighted by molar-refractivity contribution is 7.95. The first kappa shape index (κ1) is 38.5. The van der Waals surface area contributed by atoms with Crippen molar-refractivity contribution in [2.45, 2.75) is 112 Å². The Morgan fingerprint density at radius 3 is 1.83 bits per heavy atom. The molecule has 4 heteroatoms. The van der Waals surface area contributed by atoms with Crippen LogP contribution in [0.5, 0.6) is 0 Å². The Balaban J connectivity index is 0.000000179. The number of rotatable bonds is 6. The first-order chi connectivity index (χ1) is 25.5. The van der Waals surface area contributed by atoms with Crippen LogP contribution in [0.1, 0.15) is 106 Å².